The van der Waals surface area contributed by atoms with Gasteiger partial charge in [0.15, 0.2) is 0 Å². The fraction of sp³-hybridized carbons (Fsp3) is 0.476. The molecule has 6 heteroatoms. The molecule has 0 aliphatic heterocycles. The van der Waals surface area contributed by atoms with E-state index in [1.807, 2.05) is 12.1 Å². The average molecular weight is 401 g/mol. The minimum atomic E-state index is -4.36. The van der Waals surface area contributed by atoms with Gasteiger partial charge in [-0.3, -0.25) is 10.3 Å². The van der Waals surface area contributed by atoms with Gasteiger partial charge in [0.1, 0.15) is 6.04 Å². The lowest BCUT2D eigenvalue weighted by molar-refractivity contribution is -0.178. The van der Waals surface area contributed by atoms with Crippen molar-refractivity contribution in [2.24, 2.45) is 10.4 Å². The Balaban J connectivity index is 3.24. The highest BCUT2D eigenvalue weighted by atomic mass is 35.5. The van der Waals surface area contributed by atoms with Gasteiger partial charge < -0.3 is 0 Å². The Labute approximate surface area is 165 Å². The minimum absolute atomic E-state index is 0.558. The van der Waals surface area contributed by atoms with Crippen molar-refractivity contribution >= 4 is 17.3 Å². The number of aliphatic imine (C=N–C) groups is 1. The van der Waals surface area contributed by atoms with Crippen LogP contribution in [0.5, 0.6) is 0 Å². The van der Waals surface area contributed by atoms with E-state index in [2.05, 4.69) is 16.9 Å². The fourth-order valence-electron chi connectivity index (χ4n) is 2.84. The van der Waals surface area contributed by atoms with Gasteiger partial charge in [0.2, 0.25) is 0 Å². The molecule has 2 atom stereocenters. The maximum atomic E-state index is 13.5. The monoisotopic (exact) mass is 400 g/mol. The van der Waals surface area contributed by atoms with Crippen molar-refractivity contribution in [1.29, 1.82) is 0 Å². The second-order valence-corrected chi connectivity index (χ2v) is 8.16. The molecule has 0 bridgehead atoms. The number of alkyl halides is 3. The molecule has 0 amide bonds. The van der Waals surface area contributed by atoms with Crippen molar-refractivity contribution in [2.75, 3.05) is 7.05 Å². The minimum Gasteiger partial charge on any atom is -0.299 e. The zero-order valence-electron chi connectivity index (χ0n) is 16.7. The number of nitrogens with one attached hydrogen (secondary N) is 1. The van der Waals surface area contributed by atoms with Crippen LogP contribution in [-0.2, 0) is 0 Å². The molecule has 2 unspecified atom stereocenters. The number of allylic oxidation sites excluding steroid dienone is 1. The molecule has 0 aliphatic rings. The summed E-state index contributed by atoms with van der Waals surface area (Å²) in [7, 11) is 1.64. The molecular weight excluding hydrogens is 373 g/mol. The lowest BCUT2D eigenvalue weighted by atomic mass is 9.85. The van der Waals surface area contributed by atoms with Crippen LogP contribution in [0.25, 0.3) is 0 Å². The van der Waals surface area contributed by atoms with E-state index in [0.717, 1.165) is 5.56 Å². The third-order valence-corrected chi connectivity index (χ3v) is 4.49. The Kier molecular flexibility index (Phi) is 7.87. The first-order chi connectivity index (χ1) is 12.3. The standard InChI is InChI=1S/C21H28ClF3N2/c1-13(2)17(12-18(26-7)15-8-10-16(22)11-9-15)14(3)27-19(20(4,5)6)21(23,24)25/h8-12,14,19,27H,1H2,2-7H3/b17-12+,26-18+. The summed E-state index contributed by atoms with van der Waals surface area (Å²) in [6, 6.07) is 4.93. The summed E-state index contributed by atoms with van der Waals surface area (Å²) < 4.78 is 40.6. The van der Waals surface area contributed by atoms with Crippen molar-refractivity contribution in [2.45, 2.75) is 52.9 Å². The number of hydrogen-bond acceptors (Lipinski definition) is 2. The van der Waals surface area contributed by atoms with Gasteiger partial charge in [0.25, 0.3) is 0 Å². The summed E-state index contributed by atoms with van der Waals surface area (Å²) in [5.41, 5.74) is 1.85. The van der Waals surface area contributed by atoms with E-state index in [-0.39, 0.29) is 0 Å². The molecule has 0 spiro atoms. The van der Waals surface area contributed by atoms with Gasteiger partial charge in [-0.25, -0.2) is 0 Å². The molecule has 0 aromatic heterocycles. The quantitative estimate of drug-likeness (QED) is 0.445. The van der Waals surface area contributed by atoms with Crippen LogP contribution in [0.15, 0.2) is 53.1 Å². The number of hydrogen-bond donors (Lipinski definition) is 1. The summed E-state index contributed by atoms with van der Waals surface area (Å²) in [5.74, 6) is 0. The van der Waals surface area contributed by atoms with E-state index in [4.69, 9.17) is 11.6 Å². The smallest absolute Gasteiger partial charge is 0.299 e. The molecule has 150 valence electrons. The molecule has 0 saturated carbocycles. The summed E-state index contributed by atoms with van der Waals surface area (Å²) in [5, 5.41) is 3.34. The zero-order chi connectivity index (χ0) is 21.0. The lowest BCUT2D eigenvalue weighted by Gasteiger charge is -2.36. The second-order valence-electron chi connectivity index (χ2n) is 7.72. The Morgan fingerprint density at radius 1 is 1.19 bits per heavy atom. The van der Waals surface area contributed by atoms with Gasteiger partial charge in [-0.15, -0.1) is 0 Å². The van der Waals surface area contributed by atoms with Crippen molar-refractivity contribution in [3.63, 3.8) is 0 Å². The van der Waals surface area contributed by atoms with Crippen LogP contribution < -0.4 is 5.32 Å². The van der Waals surface area contributed by atoms with Crippen LogP contribution in [0.4, 0.5) is 13.2 Å². The fourth-order valence-corrected chi connectivity index (χ4v) is 2.96. The molecule has 1 aromatic carbocycles. The summed E-state index contributed by atoms with van der Waals surface area (Å²) in [6.45, 7) is 12.1. The third kappa shape index (κ3) is 6.82. The maximum Gasteiger partial charge on any atom is 0.404 e. The molecule has 2 nitrogen and oxygen atoms in total. The maximum absolute atomic E-state index is 13.5. The van der Waals surface area contributed by atoms with Crippen molar-refractivity contribution in [1.82, 2.24) is 5.32 Å². The SMILES string of the molecule is C=C(C)/C(=C\C(=N/C)c1ccc(Cl)cc1)C(C)NC(C(C)(C)C)C(F)(F)F. The molecule has 27 heavy (non-hydrogen) atoms. The van der Waals surface area contributed by atoms with E-state index in [0.29, 0.717) is 21.9 Å². The van der Waals surface area contributed by atoms with E-state index in [9.17, 15) is 13.2 Å². The van der Waals surface area contributed by atoms with E-state index in [1.165, 1.54) is 0 Å². The van der Waals surface area contributed by atoms with Crippen LogP contribution in [0, 0.1) is 5.41 Å². The predicted octanol–water partition coefficient (Wildman–Crippen LogP) is 6.22. The first-order valence-electron chi connectivity index (χ1n) is 8.70. The average Bonchev–Trinajstić information content (AvgIpc) is 2.52. The predicted molar refractivity (Wildman–Crippen MR) is 109 cm³/mol. The Morgan fingerprint density at radius 3 is 2.07 bits per heavy atom. The highest BCUT2D eigenvalue weighted by Gasteiger charge is 2.47. The largest absolute Gasteiger partial charge is 0.404 e. The normalized spacial score (nSPS) is 16.2. The zero-order valence-corrected chi connectivity index (χ0v) is 17.5. The number of rotatable bonds is 6. The van der Waals surface area contributed by atoms with Crippen molar-refractivity contribution < 1.29 is 13.2 Å². The van der Waals surface area contributed by atoms with E-state index < -0.39 is 23.7 Å². The molecule has 0 fully saturated rings. The molecule has 1 rings (SSSR count). The molecule has 1 N–H and O–H groups in total. The molecule has 0 saturated heterocycles. The molecular formula is C21H28ClF3N2. The highest BCUT2D eigenvalue weighted by molar-refractivity contribution is 6.30. The first-order valence-corrected chi connectivity index (χ1v) is 9.08. The van der Waals surface area contributed by atoms with Gasteiger partial charge in [-0.05, 0) is 48.6 Å². The summed E-state index contributed by atoms with van der Waals surface area (Å²) in [6.07, 6.45) is -2.58. The number of nitrogens with zero attached hydrogens (tertiary/aromatic N) is 1. The highest BCUT2D eigenvalue weighted by Crippen LogP contribution is 2.34. The van der Waals surface area contributed by atoms with Crippen LogP contribution in [0.2, 0.25) is 5.02 Å². The molecule has 0 aliphatic carbocycles. The Morgan fingerprint density at radius 2 is 1.70 bits per heavy atom. The van der Waals surface area contributed by atoms with Gasteiger partial charge in [0.05, 0.1) is 5.71 Å². The van der Waals surface area contributed by atoms with Crippen LogP contribution in [0.1, 0.15) is 40.2 Å². The second kappa shape index (κ2) is 9.07. The van der Waals surface area contributed by atoms with E-state index >= 15 is 0 Å². The van der Waals surface area contributed by atoms with E-state index in [1.54, 1.807) is 59.9 Å². The molecule has 0 heterocycles. The van der Waals surface area contributed by atoms with Gasteiger partial charge in [-0.2, -0.15) is 13.2 Å². The van der Waals surface area contributed by atoms with Crippen LogP contribution in [0.3, 0.4) is 0 Å². The van der Waals surface area contributed by atoms with Crippen molar-refractivity contribution in [3.05, 3.63) is 58.7 Å². The number of benzene rings is 1. The first kappa shape index (κ1) is 23.4. The summed E-state index contributed by atoms with van der Waals surface area (Å²) >= 11 is 5.92. The van der Waals surface area contributed by atoms with Gasteiger partial charge >= 0.3 is 6.18 Å². The topological polar surface area (TPSA) is 24.4 Å². The molecule has 1 aromatic rings. The number of halogens is 4. The Bertz CT molecular complexity index is 696. The third-order valence-electron chi connectivity index (χ3n) is 4.24. The summed E-state index contributed by atoms with van der Waals surface area (Å²) in [4.78, 5) is 4.28. The van der Waals surface area contributed by atoms with Gasteiger partial charge in [-0.1, -0.05) is 56.7 Å². The molecule has 0 radical (unpaired) electrons. The van der Waals surface area contributed by atoms with Crippen LogP contribution >= 0.6 is 11.6 Å². The van der Waals surface area contributed by atoms with Crippen molar-refractivity contribution in [3.8, 4) is 0 Å². The van der Waals surface area contributed by atoms with Gasteiger partial charge in [0, 0.05) is 18.1 Å². The Hall–Kier alpha value is -1.59. The lowest BCUT2D eigenvalue weighted by Crippen LogP contribution is -2.54. The van der Waals surface area contributed by atoms with Crippen LogP contribution in [-0.4, -0.2) is 31.0 Å².